The third-order valence-electron chi connectivity index (χ3n) is 5.81. The monoisotopic (exact) mass is 403 g/mol. The van der Waals surface area contributed by atoms with Gasteiger partial charge in [0.15, 0.2) is 11.6 Å². The SMILES string of the molecule is CC(=O)c1ccc(N2CC[NH+](Cc3nc4c(oc5ccccc54)c(=O)[nH]3)CC2)cc1. The summed E-state index contributed by atoms with van der Waals surface area (Å²) in [4.78, 5) is 35.3. The van der Waals surface area contributed by atoms with Gasteiger partial charge in [-0.1, -0.05) is 12.1 Å². The fraction of sp³-hybridized carbons (Fsp3) is 0.261. The topological polar surface area (TPSA) is 83.6 Å². The largest absolute Gasteiger partial charge is 0.449 e. The van der Waals surface area contributed by atoms with Gasteiger partial charge >= 0.3 is 0 Å². The number of hydrogen-bond acceptors (Lipinski definition) is 5. The van der Waals surface area contributed by atoms with Crippen LogP contribution in [0.4, 0.5) is 5.69 Å². The van der Waals surface area contributed by atoms with Gasteiger partial charge in [-0.15, -0.1) is 0 Å². The van der Waals surface area contributed by atoms with Gasteiger partial charge in [0, 0.05) is 16.6 Å². The first-order valence-electron chi connectivity index (χ1n) is 10.2. The molecule has 0 unspecified atom stereocenters. The number of para-hydroxylation sites is 1. The van der Waals surface area contributed by atoms with Crippen LogP contribution in [-0.2, 0) is 6.54 Å². The van der Waals surface area contributed by atoms with Gasteiger partial charge in [0.2, 0.25) is 5.58 Å². The molecule has 3 heterocycles. The van der Waals surface area contributed by atoms with E-state index in [-0.39, 0.29) is 16.9 Å². The summed E-state index contributed by atoms with van der Waals surface area (Å²) in [6, 6.07) is 15.4. The lowest BCUT2D eigenvalue weighted by atomic mass is 10.1. The molecule has 1 aliphatic rings. The molecule has 2 aromatic heterocycles. The Morgan fingerprint density at radius 2 is 1.87 bits per heavy atom. The number of aromatic amines is 1. The molecule has 30 heavy (non-hydrogen) atoms. The second-order valence-corrected chi connectivity index (χ2v) is 7.81. The molecule has 0 saturated carbocycles. The summed E-state index contributed by atoms with van der Waals surface area (Å²) in [5.41, 5.74) is 3.24. The van der Waals surface area contributed by atoms with E-state index in [1.54, 1.807) is 6.92 Å². The Morgan fingerprint density at radius 1 is 1.13 bits per heavy atom. The van der Waals surface area contributed by atoms with E-state index in [1.807, 2.05) is 48.5 Å². The first kappa shape index (κ1) is 18.6. The van der Waals surface area contributed by atoms with E-state index in [0.29, 0.717) is 23.5 Å². The second-order valence-electron chi connectivity index (χ2n) is 7.81. The Bertz CT molecular complexity index is 1280. The van der Waals surface area contributed by atoms with Crippen LogP contribution in [0.15, 0.2) is 57.7 Å². The van der Waals surface area contributed by atoms with Crippen LogP contribution in [0, 0.1) is 0 Å². The van der Waals surface area contributed by atoms with Crippen LogP contribution in [0.2, 0.25) is 0 Å². The number of piperazine rings is 1. The number of benzene rings is 2. The maximum atomic E-state index is 12.5. The lowest BCUT2D eigenvalue weighted by molar-refractivity contribution is -0.915. The van der Waals surface area contributed by atoms with Crippen molar-refractivity contribution in [2.24, 2.45) is 0 Å². The van der Waals surface area contributed by atoms with Crippen LogP contribution in [-0.4, -0.2) is 41.9 Å². The maximum absolute atomic E-state index is 12.5. The van der Waals surface area contributed by atoms with Crippen molar-refractivity contribution >= 4 is 33.5 Å². The number of anilines is 1. The molecule has 5 rings (SSSR count). The molecule has 4 aromatic rings. The molecular weight excluding hydrogens is 380 g/mol. The Morgan fingerprint density at radius 3 is 2.60 bits per heavy atom. The molecule has 0 spiro atoms. The minimum atomic E-state index is -0.227. The maximum Gasteiger partial charge on any atom is 0.294 e. The van der Waals surface area contributed by atoms with Crippen LogP contribution < -0.4 is 15.4 Å². The number of carbonyl (C=O) groups excluding carboxylic acids is 1. The highest BCUT2D eigenvalue weighted by atomic mass is 16.3. The summed E-state index contributed by atoms with van der Waals surface area (Å²) < 4.78 is 5.67. The number of nitrogens with zero attached hydrogens (tertiary/aromatic N) is 2. The van der Waals surface area contributed by atoms with Crippen LogP contribution in [0.5, 0.6) is 0 Å². The molecule has 1 aliphatic heterocycles. The van der Waals surface area contributed by atoms with E-state index in [9.17, 15) is 9.59 Å². The average molecular weight is 403 g/mol. The fourth-order valence-electron chi connectivity index (χ4n) is 4.13. The number of quaternary nitrogens is 1. The van der Waals surface area contributed by atoms with E-state index in [0.717, 1.165) is 42.8 Å². The summed E-state index contributed by atoms with van der Waals surface area (Å²) in [5.74, 6) is 0.771. The molecule has 1 saturated heterocycles. The van der Waals surface area contributed by atoms with Gasteiger partial charge < -0.3 is 19.2 Å². The van der Waals surface area contributed by atoms with Crippen molar-refractivity contribution in [3.05, 3.63) is 70.3 Å². The summed E-state index contributed by atoms with van der Waals surface area (Å²) in [6.45, 7) is 5.97. The summed E-state index contributed by atoms with van der Waals surface area (Å²) in [7, 11) is 0. The van der Waals surface area contributed by atoms with Crippen molar-refractivity contribution < 1.29 is 14.1 Å². The van der Waals surface area contributed by atoms with Crippen molar-refractivity contribution in [3.8, 4) is 0 Å². The smallest absolute Gasteiger partial charge is 0.294 e. The Balaban J connectivity index is 1.30. The lowest BCUT2D eigenvalue weighted by Crippen LogP contribution is -3.13. The van der Waals surface area contributed by atoms with E-state index < -0.39 is 0 Å². The van der Waals surface area contributed by atoms with Gasteiger partial charge in [0.1, 0.15) is 17.6 Å². The second kappa shape index (κ2) is 7.42. The standard InChI is InChI=1S/C23H22N4O3/c1-15(28)16-6-8-17(9-7-16)27-12-10-26(11-13-27)14-20-24-21-18-4-2-3-5-19(18)30-22(21)23(29)25-20/h2-9H,10-14H2,1H3,(H,24,25,29)/p+1. The highest BCUT2D eigenvalue weighted by Gasteiger charge is 2.22. The minimum Gasteiger partial charge on any atom is -0.449 e. The number of nitrogens with one attached hydrogen (secondary N) is 2. The number of Topliss-reactive ketones (excluding diaryl/α,β-unsaturated/α-hetero) is 1. The summed E-state index contributed by atoms with van der Waals surface area (Å²) in [5, 5.41) is 0.869. The number of rotatable bonds is 4. The van der Waals surface area contributed by atoms with Crippen LogP contribution in [0.3, 0.4) is 0 Å². The van der Waals surface area contributed by atoms with Crippen molar-refractivity contribution in [2.45, 2.75) is 13.5 Å². The summed E-state index contributed by atoms with van der Waals surface area (Å²) >= 11 is 0. The number of furan rings is 1. The molecule has 2 aromatic carbocycles. The highest BCUT2D eigenvalue weighted by molar-refractivity contribution is 6.01. The minimum absolute atomic E-state index is 0.0830. The molecule has 7 heteroatoms. The summed E-state index contributed by atoms with van der Waals surface area (Å²) in [6.07, 6.45) is 0. The highest BCUT2D eigenvalue weighted by Crippen LogP contribution is 2.24. The van der Waals surface area contributed by atoms with Gasteiger partial charge in [-0.25, -0.2) is 4.98 Å². The van der Waals surface area contributed by atoms with Crippen LogP contribution in [0.1, 0.15) is 23.1 Å². The quantitative estimate of drug-likeness (QED) is 0.508. The Kier molecular flexibility index (Phi) is 4.59. The lowest BCUT2D eigenvalue weighted by Gasteiger charge is -2.33. The molecule has 0 aliphatic carbocycles. The zero-order valence-electron chi connectivity index (χ0n) is 16.8. The number of aromatic nitrogens is 2. The molecular formula is C23H23N4O3+. The molecule has 0 amide bonds. The van der Waals surface area contributed by atoms with Crippen LogP contribution >= 0.6 is 0 Å². The van der Waals surface area contributed by atoms with Crippen molar-refractivity contribution in [3.63, 3.8) is 0 Å². The Labute approximate surface area is 172 Å². The molecule has 7 nitrogen and oxygen atoms in total. The van der Waals surface area contributed by atoms with Crippen LogP contribution in [0.25, 0.3) is 22.1 Å². The predicted molar refractivity (Wildman–Crippen MR) is 115 cm³/mol. The van der Waals surface area contributed by atoms with Gasteiger partial charge in [-0.3, -0.25) is 9.59 Å². The van der Waals surface area contributed by atoms with Gasteiger partial charge in [-0.2, -0.15) is 0 Å². The normalized spacial score (nSPS) is 15.2. The van der Waals surface area contributed by atoms with Crippen molar-refractivity contribution in [2.75, 3.05) is 31.1 Å². The Hall–Kier alpha value is -3.45. The number of H-pyrrole nitrogens is 1. The van der Waals surface area contributed by atoms with Crippen molar-refractivity contribution in [1.29, 1.82) is 0 Å². The first-order chi connectivity index (χ1) is 14.6. The third-order valence-corrected chi connectivity index (χ3v) is 5.81. The van der Waals surface area contributed by atoms with Gasteiger partial charge in [-0.05, 0) is 43.3 Å². The molecule has 0 atom stereocenters. The van der Waals surface area contributed by atoms with Crippen molar-refractivity contribution in [1.82, 2.24) is 9.97 Å². The van der Waals surface area contributed by atoms with Gasteiger partial charge in [0.05, 0.1) is 26.2 Å². The van der Waals surface area contributed by atoms with Gasteiger partial charge in [0.25, 0.3) is 5.56 Å². The van der Waals surface area contributed by atoms with E-state index in [1.165, 1.54) is 4.90 Å². The molecule has 0 bridgehead atoms. The number of fused-ring (bicyclic) bond motifs is 3. The fourth-order valence-corrected chi connectivity index (χ4v) is 4.13. The molecule has 152 valence electrons. The number of ketones is 1. The molecule has 1 fully saturated rings. The number of carbonyl (C=O) groups is 1. The van der Waals surface area contributed by atoms with E-state index in [2.05, 4.69) is 9.88 Å². The average Bonchev–Trinajstić information content (AvgIpc) is 3.14. The zero-order chi connectivity index (χ0) is 20.7. The van der Waals surface area contributed by atoms with E-state index in [4.69, 9.17) is 9.40 Å². The third kappa shape index (κ3) is 3.37. The zero-order valence-corrected chi connectivity index (χ0v) is 16.8. The first-order valence-corrected chi connectivity index (χ1v) is 10.2. The molecule has 2 N–H and O–H groups in total. The number of hydrogen-bond donors (Lipinski definition) is 2. The predicted octanol–water partition coefficient (Wildman–Crippen LogP) is 1.78. The van der Waals surface area contributed by atoms with E-state index >= 15 is 0 Å². The molecule has 0 radical (unpaired) electrons.